The summed E-state index contributed by atoms with van der Waals surface area (Å²) in [5.41, 5.74) is 1.01. The number of hydrogen-bond donors (Lipinski definition) is 1. The number of aryl methyl sites for hydroxylation is 1. The molecule has 0 amide bonds. The van der Waals surface area contributed by atoms with E-state index in [1.165, 1.54) is 0 Å². The van der Waals surface area contributed by atoms with Gasteiger partial charge in [-0.3, -0.25) is 0 Å². The lowest BCUT2D eigenvalue weighted by atomic mass is 10.0. The highest BCUT2D eigenvalue weighted by molar-refractivity contribution is 9.10. The lowest BCUT2D eigenvalue weighted by molar-refractivity contribution is 0.468. The molecule has 0 bridgehead atoms. The number of benzene rings is 1. The fourth-order valence-electron chi connectivity index (χ4n) is 2.05. The average molecular weight is 388 g/mol. The highest BCUT2D eigenvalue weighted by Crippen LogP contribution is 2.30. The predicted octanol–water partition coefficient (Wildman–Crippen LogP) is 4.49. The van der Waals surface area contributed by atoms with E-state index in [9.17, 15) is 8.42 Å². The quantitative estimate of drug-likeness (QED) is 0.820. The van der Waals surface area contributed by atoms with Crippen molar-refractivity contribution < 1.29 is 8.42 Å². The summed E-state index contributed by atoms with van der Waals surface area (Å²) in [6, 6.07) is 8.92. The summed E-state index contributed by atoms with van der Waals surface area (Å²) < 4.78 is 28.7. The van der Waals surface area contributed by atoms with Crippen molar-refractivity contribution in [2.45, 2.75) is 31.7 Å². The van der Waals surface area contributed by atoms with Gasteiger partial charge in [-0.15, -0.1) is 11.3 Å². The van der Waals surface area contributed by atoms with Gasteiger partial charge in [-0.05, 0) is 57.9 Å². The number of sulfonamides is 1. The Bertz CT molecular complexity index is 709. The zero-order chi connectivity index (χ0) is 15.6. The Morgan fingerprint density at radius 1 is 1.24 bits per heavy atom. The number of thiophene rings is 1. The maximum absolute atomic E-state index is 12.6. The molecule has 2 aromatic rings. The Labute approximate surface area is 138 Å². The van der Waals surface area contributed by atoms with Gasteiger partial charge in [0.1, 0.15) is 0 Å². The van der Waals surface area contributed by atoms with Crippen molar-refractivity contribution in [3.63, 3.8) is 0 Å². The van der Waals surface area contributed by atoms with Gasteiger partial charge in [0.2, 0.25) is 10.0 Å². The van der Waals surface area contributed by atoms with Gasteiger partial charge in [-0.2, -0.15) is 0 Å². The van der Waals surface area contributed by atoms with Crippen molar-refractivity contribution in [1.82, 2.24) is 4.72 Å². The molecule has 1 unspecified atom stereocenters. The van der Waals surface area contributed by atoms with Gasteiger partial charge in [-0.1, -0.05) is 26.0 Å². The molecule has 0 aliphatic heterocycles. The van der Waals surface area contributed by atoms with Crippen molar-refractivity contribution >= 4 is 37.3 Å². The van der Waals surface area contributed by atoms with Crippen LogP contribution in [0.1, 0.15) is 30.3 Å². The van der Waals surface area contributed by atoms with E-state index >= 15 is 0 Å². The molecule has 0 aliphatic carbocycles. The van der Waals surface area contributed by atoms with Gasteiger partial charge in [0.05, 0.1) is 10.9 Å². The monoisotopic (exact) mass is 387 g/mol. The van der Waals surface area contributed by atoms with Crippen molar-refractivity contribution in [2.24, 2.45) is 5.92 Å². The maximum Gasteiger partial charge on any atom is 0.242 e. The van der Waals surface area contributed by atoms with Crippen LogP contribution in [-0.4, -0.2) is 8.42 Å². The molecule has 0 aliphatic rings. The molecule has 0 spiro atoms. The molecule has 1 heterocycles. The van der Waals surface area contributed by atoms with Crippen LogP contribution in [0, 0.1) is 12.8 Å². The molecule has 0 saturated carbocycles. The molecular weight excluding hydrogens is 370 g/mol. The molecule has 2 rings (SSSR count). The fourth-order valence-corrected chi connectivity index (χ4v) is 5.62. The van der Waals surface area contributed by atoms with E-state index < -0.39 is 10.0 Å². The van der Waals surface area contributed by atoms with Crippen LogP contribution < -0.4 is 4.72 Å². The van der Waals surface area contributed by atoms with Gasteiger partial charge >= 0.3 is 0 Å². The molecule has 0 fully saturated rings. The van der Waals surface area contributed by atoms with Gasteiger partial charge in [0.15, 0.2) is 0 Å². The number of halogens is 1. The summed E-state index contributed by atoms with van der Waals surface area (Å²) >= 11 is 4.91. The lowest BCUT2D eigenvalue weighted by Gasteiger charge is -2.21. The highest BCUT2D eigenvalue weighted by atomic mass is 79.9. The fraction of sp³-hybridized carbons (Fsp3) is 0.333. The summed E-state index contributed by atoms with van der Waals surface area (Å²) in [6.07, 6.45) is 0. The predicted molar refractivity (Wildman–Crippen MR) is 91.1 cm³/mol. The third-order valence-corrected chi connectivity index (χ3v) is 6.55. The second kappa shape index (κ2) is 6.60. The van der Waals surface area contributed by atoms with Crippen LogP contribution in [0.4, 0.5) is 0 Å². The molecule has 1 aromatic carbocycles. The van der Waals surface area contributed by atoms with E-state index in [0.717, 1.165) is 10.4 Å². The SMILES string of the molecule is Cc1ccc(S(=O)(=O)NC(c2cccs2)C(C)C)c(Br)c1. The number of rotatable bonds is 5. The van der Waals surface area contributed by atoms with Gasteiger partial charge in [0, 0.05) is 9.35 Å². The Kier molecular flexibility index (Phi) is 5.24. The van der Waals surface area contributed by atoms with E-state index in [1.54, 1.807) is 23.5 Å². The van der Waals surface area contributed by atoms with Crippen LogP contribution in [-0.2, 0) is 10.0 Å². The van der Waals surface area contributed by atoms with E-state index in [-0.39, 0.29) is 16.9 Å². The molecule has 21 heavy (non-hydrogen) atoms. The van der Waals surface area contributed by atoms with Crippen molar-refractivity contribution in [2.75, 3.05) is 0 Å². The molecule has 1 N–H and O–H groups in total. The Morgan fingerprint density at radius 3 is 2.48 bits per heavy atom. The smallest absolute Gasteiger partial charge is 0.207 e. The van der Waals surface area contributed by atoms with Crippen LogP contribution >= 0.6 is 27.3 Å². The molecule has 6 heteroatoms. The molecule has 1 aromatic heterocycles. The number of hydrogen-bond acceptors (Lipinski definition) is 3. The van der Waals surface area contributed by atoms with Crippen molar-refractivity contribution in [3.05, 3.63) is 50.6 Å². The summed E-state index contributed by atoms with van der Waals surface area (Å²) in [4.78, 5) is 1.30. The molecule has 3 nitrogen and oxygen atoms in total. The number of nitrogens with one attached hydrogen (secondary N) is 1. The zero-order valence-corrected chi connectivity index (χ0v) is 15.3. The first-order valence-corrected chi connectivity index (χ1v) is 9.78. The zero-order valence-electron chi connectivity index (χ0n) is 12.1. The van der Waals surface area contributed by atoms with E-state index in [1.807, 2.05) is 44.4 Å². The summed E-state index contributed by atoms with van der Waals surface area (Å²) in [5.74, 6) is 0.169. The van der Waals surface area contributed by atoms with Crippen LogP contribution in [0.5, 0.6) is 0 Å². The van der Waals surface area contributed by atoms with Crippen LogP contribution in [0.3, 0.4) is 0 Å². The molecule has 114 valence electrons. The second-order valence-electron chi connectivity index (χ2n) is 5.29. The third kappa shape index (κ3) is 3.94. The largest absolute Gasteiger partial charge is 0.242 e. The van der Waals surface area contributed by atoms with Crippen LogP contribution in [0.2, 0.25) is 0 Å². The highest BCUT2D eigenvalue weighted by Gasteiger charge is 2.26. The van der Waals surface area contributed by atoms with Crippen LogP contribution in [0.25, 0.3) is 0 Å². The van der Waals surface area contributed by atoms with Gasteiger partial charge in [-0.25, -0.2) is 13.1 Å². The Balaban J connectivity index is 2.35. The summed E-state index contributed by atoms with van der Waals surface area (Å²) in [5, 5.41) is 1.96. The molecule has 0 radical (unpaired) electrons. The van der Waals surface area contributed by atoms with Crippen LogP contribution in [0.15, 0.2) is 45.1 Å². The first kappa shape index (κ1) is 16.7. The lowest BCUT2D eigenvalue weighted by Crippen LogP contribution is -2.31. The third-order valence-electron chi connectivity index (χ3n) is 3.18. The first-order valence-electron chi connectivity index (χ1n) is 6.63. The first-order chi connectivity index (χ1) is 9.81. The van der Waals surface area contributed by atoms with E-state index in [2.05, 4.69) is 20.7 Å². The average Bonchev–Trinajstić information content (AvgIpc) is 2.88. The molecular formula is C15H18BrNO2S2. The Morgan fingerprint density at radius 2 is 1.95 bits per heavy atom. The molecule has 0 saturated heterocycles. The van der Waals surface area contributed by atoms with E-state index in [0.29, 0.717) is 4.47 Å². The minimum atomic E-state index is -3.57. The van der Waals surface area contributed by atoms with Crippen molar-refractivity contribution in [1.29, 1.82) is 0 Å². The van der Waals surface area contributed by atoms with E-state index in [4.69, 9.17) is 0 Å². The maximum atomic E-state index is 12.6. The topological polar surface area (TPSA) is 46.2 Å². The molecule has 1 atom stereocenters. The van der Waals surface area contributed by atoms with Gasteiger partial charge in [0.25, 0.3) is 0 Å². The van der Waals surface area contributed by atoms with Crippen molar-refractivity contribution in [3.8, 4) is 0 Å². The summed E-state index contributed by atoms with van der Waals surface area (Å²) in [7, 11) is -3.57. The Hall–Kier alpha value is -0.690. The second-order valence-corrected chi connectivity index (χ2v) is 8.81. The normalized spacial score (nSPS) is 13.6. The minimum Gasteiger partial charge on any atom is -0.207 e. The summed E-state index contributed by atoms with van der Waals surface area (Å²) in [6.45, 7) is 5.95. The van der Waals surface area contributed by atoms with Gasteiger partial charge < -0.3 is 0 Å². The minimum absolute atomic E-state index is 0.169. The standard InChI is InChI=1S/C15H18BrNO2S2/c1-10(2)15(13-5-4-8-20-13)17-21(18,19)14-7-6-11(3)9-12(14)16/h4-10,15,17H,1-3H3.